The summed E-state index contributed by atoms with van der Waals surface area (Å²) in [5, 5.41) is 5.88. The predicted molar refractivity (Wildman–Crippen MR) is 54.0 cm³/mol. The lowest BCUT2D eigenvalue weighted by Crippen LogP contribution is -2.32. The molecule has 1 unspecified atom stereocenters. The monoisotopic (exact) mass is 397 g/mol. The first-order chi connectivity index (χ1) is 10.2. The summed E-state index contributed by atoms with van der Waals surface area (Å²) in [4.78, 5) is 9.25. The van der Waals surface area contributed by atoms with E-state index in [1.165, 1.54) is 0 Å². The summed E-state index contributed by atoms with van der Waals surface area (Å²) < 4.78 is 124. The van der Waals surface area contributed by atoms with Crippen LogP contribution in [0.5, 0.6) is 0 Å². The highest BCUT2D eigenvalue weighted by Gasteiger charge is 2.45. The molecule has 0 radical (unpaired) electrons. The van der Waals surface area contributed by atoms with E-state index in [1.807, 2.05) is 0 Å². The molecule has 0 heterocycles. The van der Waals surface area contributed by atoms with Gasteiger partial charge in [-0.05, 0) is 0 Å². The van der Waals surface area contributed by atoms with Crippen LogP contribution in [0.15, 0.2) is 0 Å². The van der Waals surface area contributed by atoms with Crippen LogP contribution in [0, 0.1) is 0 Å². The van der Waals surface area contributed by atoms with Gasteiger partial charge in [0.15, 0.2) is 6.67 Å². The fourth-order valence-electron chi connectivity index (χ4n) is 0.366. The molecule has 0 saturated heterocycles. The highest BCUT2D eigenvalue weighted by molar-refractivity contribution is 5.73. The zero-order valence-corrected chi connectivity index (χ0v) is 11.2. The second-order valence-electron chi connectivity index (χ2n) is 2.97. The number of hydrogen-bond acceptors (Lipinski definition) is 3. The van der Waals surface area contributed by atoms with Gasteiger partial charge >= 0.3 is 18.3 Å². The third-order valence-electron chi connectivity index (χ3n) is 1.14. The second kappa shape index (κ2) is 15.1. The van der Waals surface area contributed by atoms with Crippen LogP contribution in [-0.2, 0) is 9.53 Å². The van der Waals surface area contributed by atoms with E-state index in [1.54, 1.807) is 0 Å². The summed E-state index contributed by atoms with van der Waals surface area (Å²) in [6.07, 6.45) is -12.9. The molecule has 0 rings (SSSR count). The molecule has 0 spiro atoms. The average molecular weight is 397 g/mol. The van der Waals surface area contributed by atoms with Crippen molar-refractivity contribution in [2.24, 2.45) is 0 Å². The predicted octanol–water partition coefficient (Wildman–Crippen LogP) is 3.64. The van der Waals surface area contributed by atoms with Crippen molar-refractivity contribution in [2.75, 3.05) is 26.8 Å². The Morgan fingerprint density at radius 2 is 1.46 bits per heavy atom. The highest BCUT2D eigenvalue weighted by atomic mass is 19.4. The summed E-state index contributed by atoms with van der Waals surface area (Å²) in [6, 6.07) is 0. The van der Waals surface area contributed by atoms with Gasteiger partial charge in [0.2, 0.25) is 6.80 Å². The maximum atomic E-state index is 11.6. The van der Waals surface area contributed by atoms with Gasteiger partial charge in [-0.15, -0.1) is 0 Å². The SMILES string of the molecule is F.FCCOC(F)(F)CF.FCN(F)F.O=C(O)C(F)C(F)(F)F. The van der Waals surface area contributed by atoms with E-state index in [2.05, 4.69) is 4.74 Å². The fourth-order valence-corrected chi connectivity index (χ4v) is 0.366. The molecule has 0 aromatic carbocycles. The van der Waals surface area contributed by atoms with E-state index >= 15 is 0 Å². The molecule has 0 aliphatic heterocycles. The molecule has 24 heavy (non-hydrogen) atoms. The molecule has 0 aliphatic carbocycles. The Kier molecular flexibility index (Phi) is 19.1. The lowest BCUT2D eigenvalue weighted by atomic mass is 10.4. The van der Waals surface area contributed by atoms with Gasteiger partial charge in [0.1, 0.15) is 6.67 Å². The fraction of sp³-hybridized carbons (Fsp3) is 0.875. The number of carbonyl (C=O) groups is 1. The Balaban J connectivity index is -0.000000128. The van der Waals surface area contributed by atoms with E-state index in [0.29, 0.717) is 0 Å². The summed E-state index contributed by atoms with van der Waals surface area (Å²) in [5.41, 5.74) is 0. The number of ether oxygens (including phenoxy) is 1. The van der Waals surface area contributed by atoms with Crippen LogP contribution < -0.4 is 0 Å². The summed E-state index contributed by atoms with van der Waals surface area (Å²) >= 11 is 0. The summed E-state index contributed by atoms with van der Waals surface area (Å²) in [6.45, 7) is -5.40. The Labute approximate surface area is 126 Å². The third-order valence-corrected chi connectivity index (χ3v) is 1.14. The van der Waals surface area contributed by atoms with E-state index in [9.17, 15) is 53.3 Å². The normalized spacial score (nSPS) is 12.2. The molecule has 1 N–H and O–H groups in total. The first-order valence-corrected chi connectivity index (χ1v) is 4.97. The second-order valence-corrected chi connectivity index (χ2v) is 2.97. The van der Waals surface area contributed by atoms with Crippen LogP contribution in [0.4, 0.5) is 53.2 Å². The molecule has 0 aromatic rings. The van der Waals surface area contributed by atoms with Gasteiger partial charge in [-0.1, -0.05) is 8.96 Å². The molecular formula is C8H11F12NO3. The lowest BCUT2D eigenvalue weighted by molar-refractivity contribution is -0.246. The van der Waals surface area contributed by atoms with Crippen LogP contribution >= 0.6 is 0 Å². The van der Waals surface area contributed by atoms with Crippen molar-refractivity contribution < 1.29 is 67.8 Å². The molecule has 0 bridgehead atoms. The Morgan fingerprint density at radius 3 is 1.58 bits per heavy atom. The minimum absolute atomic E-state index is 0. The van der Waals surface area contributed by atoms with Crippen molar-refractivity contribution in [1.29, 1.82) is 0 Å². The number of rotatable bonds is 6. The first-order valence-electron chi connectivity index (χ1n) is 4.97. The van der Waals surface area contributed by atoms with Crippen molar-refractivity contribution in [3.05, 3.63) is 0 Å². The molecule has 150 valence electrons. The number of aliphatic carboxylic acids is 1. The first kappa shape index (κ1) is 30.4. The van der Waals surface area contributed by atoms with Crippen LogP contribution in [0.3, 0.4) is 0 Å². The van der Waals surface area contributed by atoms with Gasteiger partial charge in [-0.3, -0.25) is 4.70 Å². The van der Waals surface area contributed by atoms with Crippen LogP contribution in [0.25, 0.3) is 0 Å². The smallest absolute Gasteiger partial charge is 0.430 e. The molecule has 4 nitrogen and oxygen atoms in total. The zero-order valence-electron chi connectivity index (χ0n) is 11.2. The van der Waals surface area contributed by atoms with Gasteiger partial charge in [0, 0.05) is 0 Å². The molecule has 16 heteroatoms. The average Bonchev–Trinajstić information content (AvgIpc) is 2.44. The topological polar surface area (TPSA) is 49.8 Å². The molecule has 0 saturated carbocycles. The Hall–Kier alpha value is -1.45. The quantitative estimate of drug-likeness (QED) is 0.423. The van der Waals surface area contributed by atoms with E-state index in [0.717, 1.165) is 0 Å². The number of halogens is 12. The minimum Gasteiger partial charge on any atom is -0.479 e. The van der Waals surface area contributed by atoms with Gasteiger partial charge in [0.25, 0.3) is 6.17 Å². The molecule has 1 atom stereocenters. The lowest BCUT2D eigenvalue weighted by Gasteiger charge is -2.10. The van der Waals surface area contributed by atoms with Crippen molar-refractivity contribution in [1.82, 2.24) is 5.34 Å². The molecular weight excluding hydrogens is 386 g/mol. The van der Waals surface area contributed by atoms with Crippen LogP contribution in [-0.4, -0.2) is 61.6 Å². The number of carboxylic acids is 1. The number of carboxylic acid groups (broad SMARTS) is 1. The number of alkyl halides is 9. The molecule has 0 aromatic heterocycles. The van der Waals surface area contributed by atoms with Gasteiger partial charge < -0.3 is 9.84 Å². The maximum absolute atomic E-state index is 11.6. The summed E-state index contributed by atoms with van der Waals surface area (Å²) in [7, 11) is 0. The standard InChI is InChI=1S/C4H6F4O.C3H2F4O2.CH2F3N.FH/c5-1-2-9-4(7,8)3-6;4-1(2(8)9)3(5,6)7;2-1-5(3)4;/h1-3H2;1H,(H,8,9);1H2;1H. The summed E-state index contributed by atoms with van der Waals surface area (Å²) in [5.74, 6) is -2.51. The Morgan fingerprint density at radius 1 is 1.08 bits per heavy atom. The Bertz CT molecular complexity index is 301. The van der Waals surface area contributed by atoms with Crippen molar-refractivity contribution in [2.45, 2.75) is 18.5 Å². The zero-order chi connectivity index (χ0) is 19.3. The minimum atomic E-state index is -5.29. The van der Waals surface area contributed by atoms with E-state index < -0.39 is 56.5 Å². The van der Waals surface area contributed by atoms with Gasteiger partial charge in [-0.25, -0.2) is 22.4 Å². The van der Waals surface area contributed by atoms with E-state index in [4.69, 9.17) is 5.11 Å². The number of nitrogens with zero attached hydrogens (tertiary/aromatic N) is 1. The van der Waals surface area contributed by atoms with Crippen molar-refractivity contribution in [3.8, 4) is 0 Å². The highest BCUT2D eigenvalue weighted by Crippen LogP contribution is 2.22. The number of hydrogen-bond donors (Lipinski definition) is 1. The molecule has 0 aliphatic rings. The van der Waals surface area contributed by atoms with Gasteiger partial charge in [0.05, 0.1) is 12.0 Å². The van der Waals surface area contributed by atoms with Crippen LogP contribution in [0.1, 0.15) is 0 Å². The van der Waals surface area contributed by atoms with Crippen molar-refractivity contribution in [3.63, 3.8) is 0 Å². The van der Waals surface area contributed by atoms with Gasteiger partial charge in [-0.2, -0.15) is 22.0 Å². The van der Waals surface area contributed by atoms with E-state index in [-0.39, 0.29) is 4.70 Å². The molecule has 0 fully saturated rings. The largest absolute Gasteiger partial charge is 0.479 e. The third kappa shape index (κ3) is 22.8. The van der Waals surface area contributed by atoms with Crippen molar-refractivity contribution >= 4 is 5.97 Å². The van der Waals surface area contributed by atoms with Crippen LogP contribution in [0.2, 0.25) is 0 Å². The maximum Gasteiger partial charge on any atom is 0.430 e. The molecule has 0 amide bonds.